The van der Waals surface area contributed by atoms with Crippen LogP contribution in [0.25, 0.3) is 10.8 Å². The normalized spacial score (nSPS) is 14.5. The molecular formula is C21H28N4O4. The Kier molecular flexibility index (Phi) is 6.51. The first-order valence-corrected chi connectivity index (χ1v) is 10.1. The molecule has 0 atom stereocenters. The Bertz CT molecular complexity index is 945. The molecule has 2 aromatic rings. The highest BCUT2D eigenvalue weighted by molar-refractivity contribution is 5.88. The second kappa shape index (κ2) is 9.07. The van der Waals surface area contributed by atoms with Crippen LogP contribution in [0.5, 0.6) is 0 Å². The molecule has 1 fully saturated rings. The van der Waals surface area contributed by atoms with Gasteiger partial charge in [-0.15, -0.1) is 0 Å². The number of hydrogen-bond acceptors (Lipinski definition) is 5. The topological polar surface area (TPSA) is 84.7 Å². The smallest absolute Gasteiger partial charge is 0.409 e. The summed E-state index contributed by atoms with van der Waals surface area (Å²) in [5, 5.41) is 5.82. The van der Waals surface area contributed by atoms with Gasteiger partial charge in [0.2, 0.25) is 5.91 Å². The predicted octanol–water partition coefficient (Wildman–Crippen LogP) is 1.90. The largest absolute Gasteiger partial charge is 0.450 e. The van der Waals surface area contributed by atoms with Crippen molar-refractivity contribution >= 4 is 22.8 Å². The van der Waals surface area contributed by atoms with Crippen molar-refractivity contribution in [1.82, 2.24) is 19.6 Å². The van der Waals surface area contributed by atoms with E-state index in [0.29, 0.717) is 50.4 Å². The Balaban J connectivity index is 1.78. The third-order valence-corrected chi connectivity index (χ3v) is 4.96. The quantitative estimate of drug-likeness (QED) is 0.765. The minimum absolute atomic E-state index is 0.0547. The van der Waals surface area contributed by atoms with Gasteiger partial charge in [-0.25, -0.2) is 9.48 Å². The van der Waals surface area contributed by atoms with Crippen LogP contribution in [0.15, 0.2) is 29.1 Å². The fourth-order valence-corrected chi connectivity index (χ4v) is 3.51. The van der Waals surface area contributed by atoms with Crippen molar-refractivity contribution < 1.29 is 14.3 Å². The molecule has 3 rings (SSSR count). The molecule has 0 bridgehead atoms. The van der Waals surface area contributed by atoms with Crippen LogP contribution in [0.1, 0.15) is 26.5 Å². The average Bonchev–Trinajstić information content (AvgIpc) is 2.71. The van der Waals surface area contributed by atoms with Gasteiger partial charge in [0, 0.05) is 38.1 Å². The molecule has 8 nitrogen and oxygen atoms in total. The second-order valence-electron chi connectivity index (χ2n) is 7.62. The van der Waals surface area contributed by atoms with Crippen molar-refractivity contribution in [2.75, 3.05) is 32.8 Å². The Labute approximate surface area is 170 Å². The van der Waals surface area contributed by atoms with Crippen molar-refractivity contribution in [3.05, 3.63) is 40.3 Å². The van der Waals surface area contributed by atoms with Crippen molar-refractivity contribution in [1.29, 1.82) is 0 Å². The van der Waals surface area contributed by atoms with E-state index in [-0.39, 0.29) is 29.9 Å². The molecule has 156 valence electrons. The number of benzene rings is 1. The lowest BCUT2D eigenvalue weighted by Gasteiger charge is -2.34. The van der Waals surface area contributed by atoms with Gasteiger partial charge in [-0.3, -0.25) is 9.59 Å². The van der Waals surface area contributed by atoms with E-state index in [1.54, 1.807) is 22.8 Å². The Hall–Kier alpha value is -2.90. The summed E-state index contributed by atoms with van der Waals surface area (Å²) < 4.78 is 6.48. The van der Waals surface area contributed by atoms with Crippen LogP contribution in [0.4, 0.5) is 4.79 Å². The van der Waals surface area contributed by atoms with Crippen molar-refractivity contribution in [3.8, 4) is 0 Å². The molecule has 1 aliphatic heterocycles. The number of amides is 2. The van der Waals surface area contributed by atoms with E-state index in [2.05, 4.69) is 5.10 Å². The van der Waals surface area contributed by atoms with Crippen molar-refractivity contribution in [2.45, 2.75) is 33.7 Å². The van der Waals surface area contributed by atoms with Crippen LogP contribution in [0.3, 0.4) is 0 Å². The number of piperazine rings is 1. The van der Waals surface area contributed by atoms with Crippen molar-refractivity contribution in [3.63, 3.8) is 0 Å². The number of carbonyl (C=O) groups excluding carboxylic acids is 2. The molecule has 1 aromatic heterocycles. The van der Waals surface area contributed by atoms with E-state index in [1.807, 2.05) is 32.0 Å². The lowest BCUT2D eigenvalue weighted by atomic mass is 10.1. The van der Waals surface area contributed by atoms with E-state index in [0.717, 1.165) is 5.39 Å². The summed E-state index contributed by atoms with van der Waals surface area (Å²) in [5.41, 5.74) is 0.479. The van der Waals surface area contributed by atoms with Crippen LogP contribution in [0, 0.1) is 5.92 Å². The average molecular weight is 400 g/mol. The number of hydrogen-bond donors (Lipinski definition) is 0. The van der Waals surface area contributed by atoms with Crippen LogP contribution in [-0.4, -0.2) is 64.4 Å². The minimum Gasteiger partial charge on any atom is -0.450 e. The van der Waals surface area contributed by atoms with Gasteiger partial charge < -0.3 is 14.5 Å². The highest BCUT2D eigenvalue weighted by atomic mass is 16.6. The van der Waals surface area contributed by atoms with Gasteiger partial charge in [-0.2, -0.15) is 5.10 Å². The highest BCUT2D eigenvalue weighted by Crippen LogP contribution is 2.16. The van der Waals surface area contributed by atoms with Gasteiger partial charge in [0.15, 0.2) is 0 Å². The van der Waals surface area contributed by atoms with Crippen LogP contribution in [0.2, 0.25) is 0 Å². The minimum atomic E-state index is -0.340. The summed E-state index contributed by atoms with van der Waals surface area (Å²) in [6.07, 6.45) is -0.216. The number of nitrogens with zero attached hydrogens (tertiary/aromatic N) is 4. The SMILES string of the molecule is CCOC(=O)N1CCN(C(=O)Cc2nn(CC(C)C)c(=O)c3ccccc23)CC1. The van der Waals surface area contributed by atoms with Gasteiger partial charge in [0.05, 0.1) is 24.1 Å². The fraction of sp³-hybridized carbons (Fsp3) is 0.524. The lowest BCUT2D eigenvalue weighted by Crippen LogP contribution is -2.51. The maximum atomic E-state index is 12.9. The molecule has 0 unspecified atom stereocenters. The molecule has 0 aliphatic carbocycles. The summed E-state index contributed by atoms with van der Waals surface area (Å²) >= 11 is 0. The number of fused-ring (bicyclic) bond motifs is 1. The van der Waals surface area contributed by atoms with Crippen molar-refractivity contribution in [2.24, 2.45) is 5.92 Å². The third-order valence-electron chi connectivity index (χ3n) is 4.96. The highest BCUT2D eigenvalue weighted by Gasteiger charge is 2.25. The van der Waals surface area contributed by atoms with Crippen LogP contribution >= 0.6 is 0 Å². The van der Waals surface area contributed by atoms with Gasteiger partial charge in [-0.1, -0.05) is 32.0 Å². The molecule has 0 radical (unpaired) electrons. The fourth-order valence-electron chi connectivity index (χ4n) is 3.51. The van der Waals surface area contributed by atoms with Gasteiger partial charge in [0.25, 0.3) is 5.56 Å². The molecule has 1 aliphatic rings. The molecule has 0 N–H and O–H groups in total. The molecule has 8 heteroatoms. The molecule has 1 saturated heterocycles. The number of ether oxygens (including phenoxy) is 1. The van der Waals surface area contributed by atoms with Gasteiger partial charge in [-0.05, 0) is 18.9 Å². The molecule has 2 amide bonds. The third kappa shape index (κ3) is 4.75. The summed E-state index contributed by atoms with van der Waals surface area (Å²) in [5.74, 6) is 0.210. The van der Waals surface area contributed by atoms with Gasteiger partial charge in [0.1, 0.15) is 0 Å². The Morgan fingerprint density at radius 1 is 1.07 bits per heavy atom. The zero-order valence-corrected chi connectivity index (χ0v) is 17.3. The molecule has 29 heavy (non-hydrogen) atoms. The van der Waals surface area contributed by atoms with E-state index in [9.17, 15) is 14.4 Å². The molecule has 0 saturated carbocycles. The van der Waals surface area contributed by atoms with Crippen LogP contribution < -0.4 is 5.56 Å². The zero-order valence-electron chi connectivity index (χ0n) is 17.3. The second-order valence-corrected chi connectivity index (χ2v) is 7.62. The first-order chi connectivity index (χ1) is 13.9. The Morgan fingerprint density at radius 3 is 2.31 bits per heavy atom. The van der Waals surface area contributed by atoms with E-state index >= 15 is 0 Å². The summed E-state index contributed by atoms with van der Waals surface area (Å²) in [4.78, 5) is 40.8. The summed E-state index contributed by atoms with van der Waals surface area (Å²) in [7, 11) is 0. The van der Waals surface area contributed by atoms with E-state index in [4.69, 9.17) is 4.74 Å². The molecule has 1 aromatic carbocycles. The maximum Gasteiger partial charge on any atom is 0.409 e. The van der Waals surface area contributed by atoms with Gasteiger partial charge >= 0.3 is 6.09 Å². The first kappa shape index (κ1) is 20.8. The number of aromatic nitrogens is 2. The predicted molar refractivity (Wildman–Crippen MR) is 110 cm³/mol. The molecule has 2 heterocycles. The monoisotopic (exact) mass is 400 g/mol. The van der Waals surface area contributed by atoms with E-state index in [1.165, 1.54) is 4.68 Å². The summed E-state index contributed by atoms with van der Waals surface area (Å²) in [6, 6.07) is 7.29. The zero-order chi connectivity index (χ0) is 21.0. The lowest BCUT2D eigenvalue weighted by molar-refractivity contribution is -0.132. The number of rotatable bonds is 5. The maximum absolute atomic E-state index is 12.9. The first-order valence-electron chi connectivity index (χ1n) is 10.1. The Morgan fingerprint density at radius 2 is 1.69 bits per heavy atom. The van der Waals surface area contributed by atoms with Crippen LogP contribution in [-0.2, 0) is 22.5 Å². The number of carbonyl (C=O) groups is 2. The molecular weight excluding hydrogens is 372 g/mol. The molecule has 0 spiro atoms. The van der Waals surface area contributed by atoms with E-state index < -0.39 is 0 Å². The standard InChI is InChI=1S/C21H28N4O4/c1-4-29-21(28)24-11-9-23(10-12-24)19(26)13-18-16-7-5-6-8-17(16)20(27)25(22-18)14-15(2)3/h5-8,15H,4,9-14H2,1-3H3. The summed E-state index contributed by atoms with van der Waals surface area (Å²) in [6.45, 7) is 8.48.